The number of sulfone groups is 1. The fourth-order valence-corrected chi connectivity index (χ4v) is 3.54. The van der Waals surface area contributed by atoms with Crippen LogP contribution in [-0.2, 0) is 26.8 Å². The third-order valence-corrected chi connectivity index (χ3v) is 5.77. The van der Waals surface area contributed by atoms with Crippen LogP contribution in [0.3, 0.4) is 0 Å². The quantitative estimate of drug-likeness (QED) is 0.835. The third-order valence-electron chi connectivity index (χ3n) is 3.74. The summed E-state index contributed by atoms with van der Waals surface area (Å²) in [6.45, 7) is 1.75. The minimum absolute atomic E-state index is 0.291. The molecule has 0 aliphatic heterocycles. The Kier molecular flexibility index (Phi) is 6.09. The fraction of sp³-hybridized carbons (Fsp3) is 0.278. The summed E-state index contributed by atoms with van der Waals surface area (Å²) in [4.78, 5) is 12.1. The van der Waals surface area contributed by atoms with Gasteiger partial charge in [0.25, 0.3) is 0 Å². The van der Waals surface area contributed by atoms with E-state index in [0.717, 1.165) is 5.56 Å². The lowest BCUT2D eigenvalue weighted by molar-refractivity contribution is -0.120. The highest BCUT2D eigenvalue weighted by Gasteiger charge is 2.27. The van der Waals surface area contributed by atoms with E-state index >= 15 is 0 Å². The summed E-state index contributed by atoms with van der Waals surface area (Å²) in [7, 11) is -3.65. The van der Waals surface area contributed by atoms with Crippen LogP contribution in [0, 0.1) is 5.82 Å². The van der Waals surface area contributed by atoms with E-state index in [0.29, 0.717) is 18.5 Å². The Labute approximate surface area is 141 Å². The van der Waals surface area contributed by atoms with Crippen molar-refractivity contribution in [3.05, 3.63) is 71.5 Å². The molecule has 2 rings (SSSR count). The zero-order valence-corrected chi connectivity index (χ0v) is 14.2. The number of amides is 1. The standard InChI is InChI=1S/C18H20FNO3S/c1-14(18(21)20-12-11-15-5-3-2-4-6-15)24(22,23)13-16-7-9-17(19)10-8-16/h2-10,14H,11-13H2,1H3,(H,20,21). The summed E-state index contributed by atoms with van der Waals surface area (Å²) in [6.07, 6.45) is 0.636. The molecule has 0 aliphatic rings. The Morgan fingerprint density at radius 1 is 1.04 bits per heavy atom. The molecule has 128 valence electrons. The normalized spacial score (nSPS) is 12.6. The minimum atomic E-state index is -3.65. The molecule has 1 unspecified atom stereocenters. The molecule has 0 aromatic heterocycles. The average molecular weight is 349 g/mol. The monoisotopic (exact) mass is 349 g/mol. The van der Waals surface area contributed by atoms with Crippen LogP contribution in [0.1, 0.15) is 18.1 Å². The molecule has 2 aromatic carbocycles. The van der Waals surface area contributed by atoms with Crippen molar-refractivity contribution in [1.82, 2.24) is 5.32 Å². The van der Waals surface area contributed by atoms with Gasteiger partial charge in [-0.05, 0) is 36.6 Å². The van der Waals surface area contributed by atoms with Gasteiger partial charge in [-0.1, -0.05) is 42.5 Å². The Bertz CT molecular complexity index is 774. The number of benzene rings is 2. The number of rotatable bonds is 7. The van der Waals surface area contributed by atoms with E-state index in [2.05, 4.69) is 5.32 Å². The minimum Gasteiger partial charge on any atom is -0.355 e. The maximum atomic E-state index is 12.9. The van der Waals surface area contributed by atoms with Crippen molar-refractivity contribution in [3.8, 4) is 0 Å². The SMILES string of the molecule is CC(C(=O)NCCc1ccccc1)S(=O)(=O)Cc1ccc(F)cc1. The summed E-state index contributed by atoms with van der Waals surface area (Å²) in [6, 6.07) is 14.8. The molecule has 1 N–H and O–H groups in total. The van der Waals surface area contributed by atoms with Crippen molar-refractivity contribution in [2.24, 2.45) is 0 Å². The second-order valence-corrected chi connectivity index (χ2v) is 7.92. The smallest absolute Gasteiger partial charge is 0.238 e. The maximum absolute atomic E-state index is 12.9. The fourth-order valence-electron chi connectivity index (χ4n) is 2.22. The first-order valence-electron chi connectivity index (χ1n) is 7.66. The van der Waals surface area contributed by atoms with Gasteiger partial charge < -0.3 is 5.32 Å². The lowest BCUT2D eigenvalue weighted by atomic mass is 10.1. The molecule has 0 saturated heterocycles. The van der Waals surface area contributed by atoms with E-state index < -0.39 is 26.8 Å². The van der Waals surface area contributed by atoms with Gasteiger partial charge >= 0.3 is 0 Å². The molecule has 0 saturated carbocycles. The molecular formula is C18H20FNO3S. The Morgan fingerprint density at radius 3 is 2.29 bits per heavy atom. The number of carbonyl (C=O) groups is 1. The molecule has 4 nitrogen and oxygen atoms in total. The van der Waals surface area contributed by atoms with Crippen molar-refractivity contribution < 1.29 is 17.6 Å². The highest BCUT2D eigenvalue weighted by atomic mass is 32.2. The second-order valence-electron chi connectivity index (χ2n) is 5.60. The van der Waals surface area contributed by atoms with Crippen LogP contribution in [0.25, 0.3) is 0 Å². The van der Waals surface area contributed by atoms with Crippen LogP contribution in [0.4, 0.5) is 4.39 Å². The average Bonchev–Trinajstić information content (AvgIpc) is 2.57. The predicted molar refractivity (Wildman–Crippen MR) is 91.6 cm³/mol. The van der Waals surface area contributed by atoms with E-state index in [9.17, 15) is 17.6 Å². The summed E-state index contributed by atoms with van der Waals surface area (Å²) in [5, 5.41) is 1.50. The van der Waals surface area contributed by atoms with Crippen LogP contribution in [0.2, 0.25) is 0 Å². The number of halogens is 1. The van der Waals surface area contributed by atoms with Crippen LogP contribution >= 0.6 is 0 Å². The molecule has 0 radical (unpaired) electrons. The van der Waals surface area contributed by atoms with Gasteiger partial charge in [-0.3, -0.25) is 4.79 Å². The lowest BCUT2D eigenvalue weighted by Crippen LogP contribution is -2.39. The molecule has 1 amide bonds. The number of carbonyl (C=O) groups excluding carboxylic acids is 1. The van der Waals surface area contributed by atoms with Gasteiger partial charge in [0.1, 0.15) is 11.1 Å². The molecule has 0 spiro atoms. The van der Waals surface area contributed by atoms with E-state index in [-0.39, 0.29) is 5.75 Å². The van der Waals surface area contributed by atoms with Crippen molar-refractivity contribution in [2.45, 2.75) is 24.3 Å². The van der Waals surface area contributed by atoms with Gasteiger partial charge in [0.2, 0.25) is 5.91 Å². The number of hydrogen-bond donors (Lipinski definition) is 1. The highest BCUT2D eigenvalue weighted by Crippen LogP contribution is 2.12. The lowest BCUT2D eigenvalue weighted by Gasteiger charge is -2.13. The largest absolute Gasteiger partial charge is 0.355 e. The van der Waals surface area contributed by atoms with E-state index in [1.165, 1.54) is 31.2 Å². The van der Waals surface area contributed by atoms with Crippen molar-refractivity contribution in [3.63, 3.8) is 0 Å². The first kappa shape index (κ1) is 18.1. The molecule has 1 atom stereocenters. The predicted octanol–water partition coefficient (Wildman–Crippen LogP) is 2.49. The highest BCUT2D eigenvalue weighted by molar-refractivity contribution is 7.92. The van der Waals surface area contributed by atoms with Gasteiger partial charge in [0, 0.05) is 6.54 Å². The third kappa shape index (κ3) is 5.16. The molecule has 0 heterocycles. The first-order valence-corrected chi connectivity index (χ1v) is 9.37. The van der Waals surface area contributed by atoms with Crippen LogP contribution in [-0.4, -0.2) is 26.1 Å². The van der Waals surface area contributed by atoms with Crippen LogP contribution in [0.5, 0.6) is 0 Å². The topological polar surface area (TPSA) is 63.2 Å². The van der Waals surface area contributed by atoms with E-state index in [1.54, 1.807) is 0 Å². The number of hydrogen-bond acceptors (Lipinski definition) is 3. The summed E-state index contributed by atoms with van der Waals surface area (Å²) >= 11 is 0. The molecule has 0 aliphatic carbocycles. The second kappa shape index (κ2) is 8.06. The van der Waals surface area contributed by atoms with Gasteiger partial charge in [-0.15, -0.1) is 0 Å². The summed E-state index contributed by atoms with van der Waals surface area (Å²) in [5.41, 5.74) is 1.53. The molecule has 0 fully saturated rings. The molecule has 2 aromatic rings. The molecule has 24 heavy (non-hydrogen) atoms. The summed E-state index contributed by atoms with van der Waals surface area (Å²) in [5.74, 6) is -1.24. The van der Waals surface area contributed by atoms with Gasteiger partial charge in [0.15, 0.2) is 9.84 Å². The van der Waals surface area contributed by atoms with Gasteiger partial charge in [-0.2, -0.15) is 0 Å². The van der Waals surface area contributed by atoms with Crippen molar-refractivity contribution >= 4 is 15.7 Å². The Hall–Kier alpha value is -2.21. The van der Waals surface area contributed by atoms with Gasteiger partial charge in [0.05, 0.1) is 5.75 Å². The van der Waals surface area contributed by atoms with Crippen molar-refractivity contribution in [1.29, 1.82) is 0 Å². The molecule has 6 heteroatoms. The van der Waals surface area contributed by atoms with E-state index in [4.69, 9.17) is 0 Å². The van der Waals surface area contributed by atoms with E-state index in [1.807, 2.05) is 30.3 Å². The van der Waals surface area contributed by atoms with Gasteiger partial charge in [-0.25, -0.2) is 12.8 Å². The Morgan fingerprint density at radius 2 is 1.67 bits per heavy atom. The zero-order valence-electron chi connectivity index (χ0n) is 13.4. The molecular weight excluding hydrogens is 329 g/mol. The van der Waals surface area contributed by atoms with Crippen LogP contribution in [0.15, 0.2) is 54.6 Å². The van der Waals surface area contributed by atoms with Crippen LogP contribution < -0.4 is 5.32 Å². The van der Waals surface area contributed by atoms with Crippen molar-refractivity contribution in [2.75, 3.05) is 6.54 Å². The zero-order chi connectivity index (χ0) is 17.6. The maximum Gasteiger partial charge on any atom is 0.238 e. The first-order chi connectivity index (χ1) is 11.4. The Balaban J connectivity index is 1.89. The summed E-state index contributed by atoms with van der Waals surface area (Å²) < 4.78 is 37.5. The number of nitrogens with one attached hydrogen (secondary N) is 1. The molecule has 0 bridgehead atoms.